The number of hydrogen-bond donors (Lipinski definition) is 0. The van der Waals surface area contributed by atoms with Crippen molar-refractivity contribution in [2.45, 2.75) is 40.0 Å². The van der Waals surface area contributed by atoms with E-state index in [0.29, 0.717) is 0 Å². The number of hydrogen-bond acceptors (Lipinski definition) is 1. The minimum absolute atomic E-state index is 0.885. The molecule has 0 fully saturated rings. The highest BCUT2D eigenvalue weighted by atomic mass is 16.5. The molecule has 1 nitrogen and oxygen atoms in total. The molecule has 0 saturated carbocycles. The fraction of sp³-hybridized carbons (Fsp3) is 0.800. The van der Waals surface area contributed by atoms with Gasteiger partial charge in [-0.05, 0) is 26.7 Å². The maximum Gasteiger partial charge on any atom is 0.0503 e. The van der Waals surface area contributed by atoms with E-state index in [1.807, 2.05) is 0 Å². The molecule has 0 radical (unpaired) electrons. The molecule has 0 aromatic carbocycles. The molecular formula is C10H20O. The van der Waals surface area contributed by atoms with Gasteiger partial charge in [0.1, 0.15) is 0 Å². The van der Waals surface area contributed by atoms with Crippen LogP contribution in [0, 0.1) is 0 Å². The Bertz CT molecular complexity index is 105. The van der Waals surface area contributed by atoms with Crippen LogP contribution in [-0.2, 0) is 4.74 Å². The minimum atomic E-state index is 0.885. The first kappa shape index (κ1) is 10.7. The van der Waals surface area contributed by atoms with Crippen molar-refractivity contribution in [1.29, 1.82) is 0 Å². The second-order valence-corrected chi connectivity index (χ2v) is 2.85. The van der Waals surface area contributed by atoms with Crippen LogP contribution in [-0.4, -0.2) is 13.2 Å². The highest BCUT2D eigenvalue weighted by Gasteiger charge is 1.88. The van der Waals surface area contributed by atoms with Crippen LogP contribution in [0.15, 0.2) is 11.6 Å². The highest BCUT2D eigenvalue weighted by molar-refractivity contribution is 4.94. The summed E-state index contributed by atoms with van der Waals surface area (Å²) in [6.45, 7) is 8.20. The van der Waals surface area contributed by atoms with Gasteiger partial charge in [-0.25, -0.2) is 0 Å². The maximum absolute atomic E-state index is 5.41. The number of unbranched alkanes of at least 4 members (excludes halogenated alkanes) is 1. The fourth-order valence-corrected chi connectivity index (χ4v) is 0.726. The molecule has 66 valence electrons. The molecule has 0 saturated heterocycles. The average molecular weight is 156 g/mol. The molecule has 0 rings (SSSR count). The summed E-state index contributed by atoms with van der Waals surface area (Å²) in [5.74, 6) is 0. The van der Waals surface area contributed by atoms with Crippen LogP contribution in [0.5, 0.6) is 0 Å². The van der Waals surface area contributed by atoms with Crippen molar-refractivity contribution >= 4 is 0 Å². The van der Waals surface area contributed by atoms with Crippen molar-refractivity contribution in [3.63, 3.8) is 0 Å². The second-order valence-electron chi connectivity index (χ2n) is 2.85. The third-order valence-corrected chi connectivity index (χ3v) is 1.78. The van der Waals surface area contributed by atoms with E-state index in [0.717, 1.165) is 19.6 Å². The van der Waals surface area contributed by atoms with Gasteiger partial charge >= 0.3 is 0 Å². The van der Waals surface area contributed by atoms with Gasteiger partial charge in [-0.2, -0.15) is 0 Å². The van der Waals surface area contributed by atoms with Gasteiger partial charge in [0.25, 0.3) is 0 Å². The largest absolute Gasteiger partial charge is 0.381 e. The molecule has 0 aromatic rings. The first-order chi connectivity index (χ1) is 5.31. The zero-order chi connectivity index (χ0) is 8.53. The Labute approximate surface area is 70.4 Å². The Morgan fingerprint density at radius 1 is 1.36 bits per heavy atom. The zero-order valence-electron chi connectivity index (χ0n) is 8.02. The normalized spacial score (nSPS) is 12.1. The minimum Gasteiger partial charge on any atom is -0.381 e. The third kappa shape index (κ3) is 7.60. The van der Waals surface area contributed by atoms with Crippen LogP contribution in [0.3, 0.4) is 0 Å². The SMILES string of the molecule is CC=C(C)CCOCCCC. The lowest BCUT2D eigenvalue weighted by atomic mass is 10.2. The Kier molecular flexibility index (Phi) is 7.59. The van der Waals surface area contributed by atoms with Crippen LogP contribution >= 0.6 is 0 Å². The Morgan fingerprint density at radius 2 is 2.09 bits per heavy atom. The van der Waals surface area contributed by atoms with Crippen molar-refractivity contribution in [2.75, 3.05) is 13.2 Å². The van der Waals surface area contributed by atoms with E-state index in [-0.39, 0.29) is 0 Å². The molecule has 0 aliphatic carbocycles. The number of ether oxygens (including phenoxy) is 1. The molecule has 0 bridgehead atoms. The molecule has 0 N–H and O–H groups in total. The number of rotatable bonds is 6. The van der Waals surface area contributed by atoms with Crippen LogP contribution in [0.4, 0.5) is 0 Å². The lowest BCUT2D eigenvalue weighted by molar-refractivity contribution is 0.134. The molecule has 0 amide bonds. The van der Waals surface area contributed by atoms with E-state index in [4.69, 9.17) is 4.74 Å². The predicted molar refractivity (Wildman–Crippen MR) is 49.8 cm³/mol. The molecule has 0 aliphatic rings. The Balaban J connectivity index is 3.02. The summed E-state index contributed by atoms with van der Waals surface area (Å²) in [5.41, 5.74) is 1.42. The molecule has 0 unspecified atom stereocenters. The molecule has 0 aromatic heterocycles. The van der Waals surface area contributed by atoms with Gasteiger partial charge in [0, 0.05) is 6.61 Å². The molecule has 0 spiro atoms. The molecule has 0 heterocycles. The lowest BCUT2D eigenvalue weighted by Gasteiger charge is -2.02. The first-order valence-corrected chi connectivity index (χ1v) is 4.50. The molecule has 0 atom stereocenters. The number of allylic oxidation sites excluding steroid dienone is 1. The summed E-state index contributed by atoms with van der Waals surface area (Å²) >= 11 is 0. The molecule has 1 heteroatoms. The standard InChI is InChI=1S/C10H20O/c1-4-6-8-11-9-7-10(3)5-2/h5H,4,6-9H2,1-3H3. The van der Waals surface area contributed by atoms with Gasteiger partial charge in [0.2, 0.25) is 0 Å². The zero-order valence-corrected chi connectivity index (χ0v) is 8.02. The van der Waals surface area contributed by atoms with Crippen molar-refractivity contribution in [3.05, 3.63) is 11.6 Å². The topological polar surface area (TPSA) is 9.23 Å². The van der Waals surface area contributed by atoms with Crippen LogP contribution in [0.1, 0.15) is 40.0 Å². The van der Waals surface area contributed by atoms with Crippen molar-refractivity contribution in [3.8, 4) is 0 Å². The molecule has 0 aliphatic heterocycles. The van der Waals surface area contributed by atoms with Crippen LogP contribution in [0.25, 0.3) is 0 Å². The monoisotopic (exact) mass is 156 g/mol. The van der Waals surface area contributed by atoms with E-state index < -0.39 is 0 Å². The predicted octanol–water partition coefficient (Wildman–Crippen LogP) is 3.16. The van der Waals surface area contributed by atoms with E-state index in [1.54, 1.807) is 0 Å². The van der Waals surface area contributed by atoms with E-state index >= 15 is 0 Å². The fourth-order valence-electron chi connectivity index (χ4n) is 0.726. The van der Waals surface area contributed by atoms with E-state index in [1.165, 1.54) is 18.4 Å². The average Bonchev–Trinajstić information content (AvgIpc) is 2.04. The van der Waals surface area contributed by atoms with Crippen LogP contribution in [0.2, 0.25) is 0 Å². The third-order valence-electron chi connectivity index (χ3n) is 1.78. The maximum atomic E-state index is 5.41. The van der Waals surface area contributed by atoms with Gasteiger partial charge in [0.15, 0.2) is 0 Å². The van der Waals surface area contributed by atoms with Gasteiger partial charge in [-0.1, -0.05) is 25.0 Å². The second kappa shape index (κ2) is 7.80. The summed E-state index contributed by atoms with van der Waals surface area (Å²) in [6, 6.07) is 0. The highest BCUT2D eigenvalue weighted by Crippen LogP contribution is 1.99. The van der Waals surface area contributed by atoms with Crippen molar-refractivity contribution in [1.82, 2.24) is 0 Å². The first-order valence-electron chi connectivity index (χ1n) is 4.50. The van der Waals surface area contributed by atoms with E-state index in [9.17, 15) is 0 Å². The van der Waals surface area contributed by atoms with Gasteiger partial charge in [-0.3, -0.25) is 0 Å². The van der Waals surface area contributed by atoms with Crippen molar-refractivity contribution in [2.24, 2.45) is 0 Å². The summed E-state index contributed by atoms with van der Waals surface area (Å²) in [5, 5.41) is 0. The molecule has 11 heavy (non-hydrogen) atoms. The Hall–Kier alpha value is -0.300. The van der Waals surface area contributed by atoms with Crippen molar-refractivity contribution < 1.29 is 4.74 Å². The summed E-state index contributed by atoms with van der Waals surface area (Å²) in [4.78, 5) is 0. The summed E-state index contributed by atoms with van der Waals surface area (Å²) in [6.07, 6.45) is 5.64. The van der Waals surface area contributed by atoms with E-state index in [2.05, 4.69) is 26.8 Å². The quantitative estimate of drug-likeness (QED) is 0.424. The lowest BCUT2D eigenvalue weighted by Crippen LogP contribution is -1.96. The van der Waals surface area contributed by atoms with Gasteiger partial charge in [-0.15, -0.1) is 0 Å². The Morgan fingerprint density at radius 3 is 2.64 bits per heavy atom. The van der Waals surface area contributed by atoms with Crippen LogP contribution < -0.4 is 0 Å². The smallest absolute Gasteiger partial charge is 0.0503 e. The van der Waals surface area contributed by atoms with Gasteiger partial charge < -0.3 is 4.74 Å². The summed E-state index contributed by atoms with van der Waals surface area (Å²) < 4.78 is 5.41. The van der Waals surface area contributed by atoms with Gasteiger partial charge in [0.05, 0.1) is 6.61 Å². The summed E-state index contributed by atoms with van der Waals surface area (Å²) in [7, 11) is 0. The molecular weight excluding hydrogens is 136 g/mol.